The molecule has 0 aliphatic carbocycles. The molecule has 0 saturated carbocycles. The first-order valence-electron chi connectivity index (χ1n) is 7.88. The molecule has 2 saturated heterocycles. The van der Waals surface area contributed by atoms with Gasteiger partial charge in [-0.1, -0.05) is 37.3 Å². The van der Waals surface area contributed by atoms with Crippen molar-refractivity contribution in [3.8, 4) is 0 Å². The van der Waals surface area contributed by atoms with Crippen LogP contribution in [0.1, 0.15) is 38.2 Å². The molecule has 1 aromatic carbocycles. The summed E-state index contributed by atoms with van der Waals surface area (Å²) in [7, 11) is 0. The van der Waals surface area contributed by atoms with Gasteiger partial charge in [0.05, 0.1) is 6.61 Å². The molecule has 2 heterocycles. The number of hydrogen-bond acceptors (Lipinski definition) is 3. The highest BCUT2D eigenvalue weighted by atomic mass is 16.8. The van der Waals surface area contributed by atoms with Crippen LogP contribution < -0.4 is 0 Å². The molecule has 2 atom stereocenters. The second-order valence-corrected chi connectivity index (χ2v) is 6.25. The quantitative estimate of drug-likeness (QED) is 0.840. The molecule has 110 valence electrons. The first-order chi connectivity index (χ1) is 9.76. The molecule has 1 unspecified atom stereocenters. The van der Waals surface area contributed by atoms with Crippen LogP contribution in [0.25, 0.3) is 0 Å². The minimum absolute atomic E-state index is 0.441. The van der Waals surface area contributed by atoms with E-state index in [0.717, 1.165) is 44.9 Å². The first-order valence-corrected chi connectivity index (χ1v) is 7.88. The summed E-state index contributed by atoms with van der Waals surface area (Å²) in [6.45, 7) is 5.16. The lowest BCUT2D eigenvalue weighted by Gasteiger charge is -2.39. The average Bonchev–Trinajstić information content (AvgIpc) is 2.86. The Morgan fingerprint density at radius 2 is 2.15 bits per heavy atom. The van der Waals surface area contributed by atoms with E-state index in [-0.39, 0.29) is 0 Å². The Balaban J connectivity index is 1.70. The van der Waals surface area contributed by atoms with Crippen molar-refractivity contribution >= 4 is 0 Å². The van der Waals surface area contributed by atoms with Gasteiger partial charge in [0.25, 0.3) is 0 Å². The van der Waals surface area contributed by atoms with Gasteiger partial charge in [0.15, 0.2) is 5.79 Å². The summed E-state index contributed by atoms with van der Waals surface area (Å²) in [5, 5.41) is 2.12. The number of hydrogen-bond donors (Lipinski definition) is 0. The van der Waals surface area contributed by atoms with Crippen LogP contribution in [0.3, 0.4) is 0 Å². The molecule has 3 nitrogen and oxygen atoms in total. The summed E-state index contributed by atoms with van der Waals surface area (Å²) in [5.74, 6) is 0.288. The normalized spacial score (nSPS) is 31.6. The molecule has 0 bridgehead atoms. The number of ether oxygens (including phenoxy) is 1. The predicted molar refractivity (Wildman–Crippen MR) is 79.1 cm³/mol. The molecular formula is C17H25NO2. The van der Waals surface area contributed by atoms with Crippen LogP contribution >= 0.6 is 0 Å². The molecule has 0 spiro atoms. The maximum absolute atomic E-state index is 6.33. The lowest BCUT2D eigenvalue weighted by atomic mass is 9.98. The molecule has 0 amide bonds. The van der Waals surface area contributed by atoms with E-state index in [1.54, 1.807) is 0 Å². The Labute approximate surface area is 121 Å². The minimum Gasteiger partial charge on any atom is -0.348 e. The Morgan fingerprint density at radius 3 is 2.80 bits per heavy atom. The lowest BCUT2D eigenvalue weighted by molar-refractivity contribution is -0.352. The number of hydroxylamine groups is 2. The molecule has 0 N–H and O–H groups in total. The zero-order valence-electron chi connectivity index (χ0n) is 12.4. The highest BCUT2D eigenvalue weighted by Gasteiger charge is 2.38. The van der Waals surface area contributed by atoms with Crippen LogP contribution in [0.5, 0.6) is 0 Å². The fraction of sp³-hybridized carbons (Fsp3) is 0.647. The van der Waals surface area contributed by atoms with Gasteiger partial charge in [-0.2, -0.15) is 5.06 Å². The molecule has 2 aliphatic heterocycles. The SMILES string of the molecule is C[C@H]1CCN(OC2(Cc3ccccc3)CCCCO2)C1. The fourth-order valence-corrected chi connectivity index (χ4v) is 3.19. The van der Waals surface area contributed by atoms with Gasteiger partial charge in [-0.05, 0) is 30.7 Å². The van der Waals surface area contributed by atoms with Crippen molar-refractivity contribution in [1.29, 1.82) is 0 Å². The summed E-state index contributed by atoms with van der Waals surface area (Å²) in [6, 6.07) is 10.6. The van der Waals surface area contributed by atoms with Gasteiger partial charge in [0.2, 0.25) is 0 Å². The largest absolute Gasteiger partial charge is 0.348 e. The highest BCUT2D eigenvalue weighted by molar-refractivity contribution is 5.16. The molecular weight excluding hydrogens is 250 g/mol. The third-order valence-electron chi connectivity index (χ3n) is 4.32. The molecule has 2 aliphatic rings. The van der Waals surface area contributed by atoms with Gasteiger partial charge in [-0.3, -0.25) is 4.84 Å². The Kier molecular flexibility index (Phi) is 4.39. The van der Waals surface area contributed by atoms with Crippen molar-refractivity contribution in [1.82, 2.24) is 5.06 Å². The second-order valence-electron chi connectivity index (χ2n) is 6.25. The molecule has 3 heteroatoms. The van der Waals surface area contributed by atoms with Gasteiger partial charge in [0.1, 0.15) is 0 Å². The summed E-state index contributed by atoms with van der Waals surface area (Å²) < 4.78 is 6.10. The van der Waals surface area contributed by atoms with Gasteiger partial charge in [0, 0.05) is 25.9 Å². The van der Waals surface area contributed by atoms with Crippen LogP contribution in [-0.4, -0.2) is 30.5 Å². The third kappa shape index (κ3) is 3.40. The number of rotatable bonds is 4. The summed E-state index contributed by atoms with van der Waals surface area (Å²) in [6.07, 6.45) is 5.40. The predicted octanol–water partition coefficient (Wildman–Crippen LogP) is 3.40. The zero-order valence-corrected chi connectivity index (χ0v) is 12.4. The smallest absolute Gasteiger partial charge is 0.191 e. The van der Waals surface area contributed by atoms with E-state index in [0.29, 0.717) is 0 Å². The molecule has 2 fully saturated rings. The third-order valence-corrected chi connectivity index (χ3v) is 4.32. The van der Waals surface area contributed by atoms with E-state index in [9.17, 15) is 0 Å². The van der Waals surface area contributed by atoms with Crippen LogP contribution in [0.4, 0.5) is 0 Å². The van der Waals surface area contributed by atoms with Gasteiger partial charge in [-0.25, -0.2) is 0 Å². The lowest BCUT2D eigenvalue weighted by Crippen LogP contribution is -2.46. The van der Waals surface area contributed by atoms with E-state index >= 15 is 0 Å². The van der Waals surface area contributed by atoms with Gasteiger partial charge >= 0.3 is 0 Å². The van der Waals surface area contributed by atoms with Crippen molar-refractivity contribution < 1.29 is 9.57 Å². The first kappa shape index (κ1) is 14.1. The highest BCUT2D eigenvalue weighted by Crippen LogP contribution is 2.32. The standard InChI is InChI=1S/C17H25NO2/c1-15-9-11-18(14-15)20-17(10-5-6-12-19-17)13-16-7-3-2-4-8-16/h2-4,7-8,15H,5-6,9-14H2,1H3/t15-,17?/m0/s1. The number of benzene rings is 1. The monoisotopic (exact) mass is 275 g/mol. The average molecular weight is 275 g/mol. The molecule has 20 heavy (non-hydrogen) atoms. The van der Waals surface area contributed by atoms with Crippen molar-refractivity contribution in [2.75, 3.05) is 19.7 Å². The Bertz CT molecular complexity index is 414. The number of nitrogens with zero attached hydrogens (tertiary/aromatic N) is 1. The topological polar surface area (TPSA) is 21.7 Å². The van der Waals surface area contributed by atoms with E-state index < -0.39 is 5.79 Å². The van der Waals surface area contributed by atoms with Crippen LogP contribution in [-0.2, 0) is 16.0 Å². The molecule has 0 radical (unpaired) electrons. The summed E-state index contributed by atoms with van der Waals surface area (Å²) >= 11 is 0. The van der Waals surface area contributed by atoms with Crippen molar-refractivity contribution in [3.05, 3.63) is 35.9 Å². The summed E-state index contributed by atoms with van der Waals surface area (Å²) in [5.41, 5.74) is 1.29. The van der Waals surface area contributed by atoms with Gasteiger partial charge in [-0.15, -0.1) is 0 Å². The Morgan fingerprint density at radius 1 is 1.30 bits per heavy atom. The Hall–Kier alpha value is -0.900. The molecule has 3 rings (SSSR count). The second kappa shape index (κ2) is 6.25. The summed E-state index contributed by atoms with van der Waals surface area (Å²) in [4.78, 5) is 6.33. The van der Waals surface area contributed by atoms with Crippen LogP contribution in [0.15, 0.2) is 30.3 Å². The van der Waals surface area contributed by atoms with E-state index in [2.05, 4.69) is 42.3 Å². The van der Waals surface area contributed by atoms with Crippen molar-refractivity contribution in [2.45, 2.75) is 44.8 Å². The van der Waals surface area contributed by atoms with E-state index in [1.165, 1.54) is 18.4 Å². The maximum Gasteiger partial charge on any atom is 0.191 e. The van der Waals surface area contributed by atoms with E-state index in [1.807, 2.05) is 0 Å². The maximum atomic E-state index is 6.33. The van der Waals surface area contributed by atoms with Crippen molar-refractivity contribution in [2.24, 2.45) is 5.92 Å². The minimum atomic E-state index is -0.441. The molecule has 1 aromatic rings. The zero-order chi connectivity index (χ0) is 13.8. The fourth-order valence-electron chi connectivity index (χ4n) is 3.19. The van der Waals surface area contributed by atoms with E-state index in [4.69, 9.17) is 9.57 Å². The van der Waals surface area contributed by atoms with Gasteiger partial charge < -0.3 is 4.74 Å². The molecule has 0 aromatic heterocycles. The van der Waals surface area contributed by atoms with Crippen LogP contribution in [0, 0.1) is 5.92 Å². The van der Waals surface area contributed by atoms with Crippen molar-refractivity contribution in [3.63, 3.8) is 0 Å². The van der Waals surface area contributed by atoms with Crippen LogP contribution in [0.2, 0.25) is 0 Å².